The van der Waals surface area contributed by atoms with Crippen molar-refractivity contribution in [2.75, 3.05) is 0 Å². The first kappa shape index (κ1) is 69.0. The summed E-state index contributed by atoms with van der Waals surface area (Å²) in [6.45, 7) is 29.6. The molecule has 50 heavy (non-hydrogen) atoms. The Morgan fingerprint density at radius 3 is 0.220 bits per heavy atom. The summed E-state index contributed by atoms with van der Waals surface area (Å²) in [6, 6.07) is 0. The number of carbonyl (C=O) groups is 10. The third kappa shape index (κ3) is 419. The molecule has 0 amide bonds. The minimum Gasteiger partial charge on any atom is -0.478 e. The van der Waals surface area contributed by atoms with Crippen LogP contribution in [0.25, 0.3) is 0 Å². The second-order valence-corrected chi connectivity index (χ2v) is 5.42. The third-order valence-electron chi connectivity index (χ3n) is 1.75. The molecule has 0 aromatic rings. The van der Waals surface area contributed by atoms with Gasteiger partial charge in [-0.3, -0.25) is 0 Å². The van der Waals surface area contributed by atoms with E-state index in [2.05, 4.69) is 65.8 Å². The topological polar surface area (TPSA) is 373 Å². The maximum absolute atomic E-state index is 9.25. The molecule has 0 aromatic carbocycles. The summed E-state index contributed by atoms with van der Waals surface area (Å²) in [7, 11) is 0. The van der Waals surface area contributed by atoms with E-state index in [4.69, 9.17) is 51.1 Å². The van der Waals surface area contributed by atoms with E-state index in [0.717, 1.165) is 60.8 Å². The lowest BCUT2D eigenvalue weighted by molar-refractivity contribution is -0.132. The van der Waals surface area contributed by atoms with Crippen molar-refractivity contribution in [1.82, 2.24) is 0 Å². The van der Waals surface area contributed by atoms with E-state index in [-0.39, 0.29) is 0 Å². The Bertz CT molecular complexity index is 858. The highest BCUT2D eigenvalue weighted by Gasteiger charge is 1.77. The van der Waals surface area contributed by atoms with Gasteiger partial charge in [-0.1, -0.05) is 65.8 Å². The van der Waals surface area contributed by atoms with Gasteiger partial charge in [0.25, 0.3) is 0 Å². The van der Waals surface area contributed by atoms with Crippen LogP contribution in [0.15, 0.2) is 127 Å². The minimum atomic E-state index is -0.981. The van der Waals surface area contributed by atoms with Gasteiger partial charge in [0, 0.05) is 60.8 Å². The van der Waals surface area contributed by atoms with Crippen LogP contribution < -0.4 is 0 Å². The zero-order valence-corrected chi connectivity index (χ0v) is 26.4. The SMILES string of the molecule is C=CC(=O)O.C=CC(=O)O.C=CC(=O)O.C=CC(=O)O.C=CC(=O)O.C=CC(=O)O.C=CC(=O)O.C=CC(=O)O.C=CC(=O)O.C=CC(=O)O. The van der Waals surface area contributed by atoms with Gasteiger partial charge < -0.3 is 51.1 Å². The van der Waals surface area contributed by atoms with Crippen molar-refractivity contribution in [1.29, 1.82) is 0 Å². The van der Waals surface area contributed by atoms with Crippen LogP contribution in [0.4, 0.5) is 0 Å². The fourth-order valence-corrected chi connectivity index (χ4v) is 0. The summed E-state index contributed by atoms with van der Waals surface area (Å²) in [5.74, 6) is -9.81. The van der Waals surface area contributed by atoms with E-state index in [9.17, 15) is 47.9 Å². The van der Waals surface area contributed by atoms with E-state index in [1.807, 2.05) is 0 Å². The molecule has 280 valence electrons. The molecule has 0 fully saturated rings. The Balaban J connectivity index is -0.0000000444. The Labute approximate surface area is 285 Å². The van der Waals surface area contributed by atoms with Crippen molar-refractivity contribution in [2.24, 2.45) is 0 Å². The van der Waals surface area contributed by atoms with Crippen molar-refractivity contribution in [3.8, 4) is 0 Å². The molecule has 20 nitrogen and oxygen atoms in total. The van der Waals surface area contributed by atoms with Crippen molar-refractivity contribution in [2.45, 2.75) is 0 Å². The fourth-order valence-electron chi connectivity index (χ4n) is 0. The Kier molecular flexibility index (Phi) is 88.5. The van der Waals surface area contributed by atoms with Gasteiger partial charge in [-0.05, 0) is 0 Å². The molecule has 0 atom stereocenters. The van der Waals surface area contributed by atoms with E-state index in [1.54, 1.807) is 0 Å². The number of carboxylic acid groups (broad SMARTS) is 10. The molecule has 0 aliphatic carbocycles. The Morgan fingerprint density at radius 1 is 0.200 bits per heavy atom. The van der Waals surface area contributed by atoms with Crippen LogP contribution in [-0.2, 0) is 47.9 Å². The highest BCUT2D eigenvalue weighted by atomic mass is 16.4. The standard InChI is InChI=1S/10C3H4O2/c10*1-2-3(4)5/h10*2H,1H2,(H,4,5). The lowest BCUT2D eigenvalue weighted by Gasteiger charge is -1.64. The van der Waals surface area contributed by atoms with Gasteiger partial charge in [0.1, 0.15) is 0 Å². The highest BCUT2D eigenvalue weighted by Crippen LogP contribution is 1.58. The molecule has 0 saturated heterocycles. The Morgan fingerprint density at radius 2 is 0.220 bits per heavy atom. The van der Waals surface area contributed by atoms with Crippen LogP contribution in [0.3, 0.4) is 0 Å². The first-order valence-corrected chi connectivity index (χ1v) is 11.2. The third-order valence-corrected chi connectivity index (χ3v) is 1.75. The van der Waals surface area contributed by atoms with Crippen molar-refractivity contribution in [3.05, 3.63) is 127 Å². The van der Waals surface area contributed by atoms with Gasteiger partial charge in [0.2, 0.25) is 0 Å². The van der Waals surface area contributed by atoms with E-state index in [1.165, 1.54) is 0 Å². The molecule has 0 bridgehead atoms. The van der Waals surface area contributed by atoms with Crippen LogP contribution in [0.5, 0.6) is 0 Å². The molecular weight excluding hydrogens is 680 g/mol. The summed E-state index contributed by atoms with van der Waals surface area (Å²) < 4.78 is 0. The summed E-state index contributed by atoms with van der Waals surface area (Å²) >= 11 is 0. The van der Waals surface area contributed by atoms with Gasteiger partial charge in [0.05, 0.1) is 0 Å². The molecule has 0 unspecified atom stereocenters. The van der Waals surface area contributed by atoms with Gasteiger partial charge >= 0.3 is 59.7 Å². The molecule has 0 spiro atoms. The van der Waals surface area contributed by atoms with Crippen molar-refractivity contribution >= 4 is 59.7 Å². The van der Waals surface area contributed by atoms with Gasteiger partial charge in [-0.25, -0.2) is 47.9 Å². The van der Waals surface area contributed by atoms with Crippen LogP contribution in [0.2, 0.25) is 0 Å². The molecule has 0 aliphatic rings. The average molecular weight is 721 g/mol. The quantitative estimate of drug-likeness (QED) is 0.145. The van der Waals surface area contributed by atoms with E-state index < -0.39 is 59.7 Å². The molecular formula is C30H40O20. The van der Waals surface area contributed by atoms with Gasteiger partial charge in [-0.2, -0.15) is 0 Å². The number of hydrogen-bond donors (Lipinski definition) is 10. The molecule has 0 radical (unpaired) electrons. The highest BCUT2D eigenvalue weighted by molar-refractivity contribution is 5.81. The van der Waals surface area contributed by atoms with Crippen LogP contribution in [0, 0.1) is 0 Å². The smallest absolute Gasteiger partial charge is 0.327 e. The maximum atomic E-state index is 9.25. The van der Waals surface area contributed by atoms with Crippen LogP contribution in [-0.4, -0.2) is 111 Å². The summed E-state index contributed by atoms with van der Waals surface area (Å²) in [5, 5.41) is 76.0. The zero-order valence-electron chi connectivity index (χ0n) is 26.4. The largest absolute Gasteiger partial charge is 0.478 e. The predicted octanol–water partition coefficient (Wildman–Crippen LogP) is 2.57. The molecule has 20 heteroatoms. The minimum absolute atomic E-state index is 0.833. The molecule has 0 heterocycles. The van der Waals surface area contributed by atoms with E-state index in [0.29, 0.717) is 0 Å². The van der Waals surface area contributed by atoms with E-state index >= 15 is 0 Å². The van der Waals surface area contributed by atoms with Crippen molar-refractivity contribution < 1.29 is 99.0 Å². The number of aliphatic carboxylic acids is 10. The summed E-state index contributed by atoms with van der Waals surface area (Å²) in [4.78, 5) is 92.5. The molecule has 0 saturated carbocycles. The molecule has 10 N–H and O–H groups in total. The van der Waals surface area contributed by atoms with Crippen LogP contribution >= 0.6 is 0 Å². The lowest BCUT2D eigenvalue weighted by Crippen LogP contribution is -1.82. The second-order valence-electron chi connectivity index (χ2n) is 5.42. The summed E-state index contributed by atoms with van der Waals surface area (Å²) in [5.41, 5.74) is 0. The predicted molar refractivity (Wildman–Crippen MR) is 178 cm³/mol. The second kappa shape index (κ2) is 64.1. The molecule has 0 aliphatic heterocycles. The average Bonchev–Trinajstić information content (AvgIpc) is 3.06. The normalized spacial score (nSPS) is 6.40. The van der Waals surface area contributed by atoms with Crippen molar-refractivity contribution in [3.63, 3.8) is 0 Å². The van der Waals surface area contributed by atoms with Gasteiger partial charge in [0.15, 0.2) is 0 Å². The maximum Gasteiger partial charge on any atom is 0.327 e. The Hall–Kier alpha value is -7.90. The molecule has 0 aromatic heterocycles. The first-order chi connectivity index (χ1) is 22.7. The monoisotopic (exact) mass is 720 g/mol. The fraction of sp³-hybridized carbons (Fsp3) is 0. The zero-order chi connectivity index (χ0) is 42.8. The number of rotatable bonds is 10. The lowest BCUT2D eigenvalue weighted by atomic mass is 10.7. The number of hydrogen-bond acceptors (Lipinski definition) is 10. The number of carboxylic acids is 10. The first-order valence-electron chi connectivity index (χ1n) is 11.2. The molecule has 0 rings (SSSR count). The summed E-state index contributed by atoms with van der Waals surface area (Å²) in [6.07, 6.45) is 8.33. The van der Waals surface area contributed by atoms with Gasteiger partial charge in [-0.15, -0.1) is 0 Å². The van der Waals surface area contributed by atoms with Crippen LogP contribution in [0.1, 0.15) is 0 Å².